The fourth-order valence-corrected chi connectivity index (χ4v) is 2.31. The third-order valence-corrected chi connectivity index (χ3v) is 3.59. The fraction of sp³-hybridized carbons (Fsp3) is 0.429. The van der Waals surface area contributed by atoms with Crippen LogP contribution in [0.3, 0.4) is 0 Å². The van der Waals surface area contributed by atoms with Crippen molar-refractivity contribution >= 4 is 17.6 Å². The summed E-state index contributed by atoms with van der Waals surface area (Å²) in [5, 5.41) is 6.22. The molecule has 0 aliphatic heterocycles. The second-order valence-electron chi connectivity index (χ2n) is 4.92. The standard InChI is InChI=1S/C14H15ClF2N4O3/c1-24-13(22)10(15)7-9-3-4-12(11(17)8-9)21-14(23)20(18-19-21)6-2-5-16/h3-4,8,10H,2,5-7H2,1H3. The molecule has 1 heterocycles. The van der Waals surface area contributed by atoms with Gasteiger partial charge in [0.15, 0.2) is 0 Å². The molecule has 0 saturated heterocycles. The minimum Gasteiger partial charge on any atom is -0.468 e. The van der Waals surface area contributed by atoms with Gasteiger partial charge in [-0.25, -0.2) is 9.18 Å². The molecule has 1 atom stereocenters. The van der Waals surface area contributed by atoms with Gasteiger partial charge in [0.2, 0.25) is 0 Å². The maximum absolute atomic E-state index is 14.3. The van der Waals surface area contributed by atoms with Crippen LogP contribution in [0.25, 0.3) is 5.69 Å². The van der Waals surface area contributed by atoms with E-state index >= 15 is 0 Å². The summed E-state index contributed by atoms with van der Waals surface area (Å²) in [6, 6.07) is 4.01. The maximum atomic E-state index is 14.3. The molecule has 0 bridgehead atoms. The van der Waals surface area contributed by atoms with Crippen LogP contribution in [0.4, 0.5) is 8.78 Å². The number of hydrogen-bond donors (Lipinski definition) is 0. The number of esters is 1. The molecule has 130 valence electrons. The summed E-state index contributed by atoms with van der Waals surface area (Å²) >= 11 is 5.84. The van der Waals surface area contributed by atoms with Crippen LogP contribution >= 0.6 is 11.6 Å². The minimum absolute atomic E-state index is 0.0576. The van der Waals surface area contributed by atoms with Gasteiger partial charge < -0.3 is 4.74 Å². The SMILES string of the molecule is COC(=O)C(Cl)Cc1ccc(-n2nnn(CCCF)c2=O)c(F)c1. The van der Waals surface area contributed by atoms with E-state index in [9.17, 15) is 18.4 Å². The number of rotatable bonds is 7. The number of ether oxygens (including phenoxy) is 1. The summed E-state index contributed by atoms with van der Waals surface area (Å²) in [6.45, 7) is -0.537. The molecule has 1 aromatic heterocycles. The number of tetrazole rings is 1. The van der Waals surface area contributed by atoms with Gasteiger partial charge in [0.25, 0.3) is 0 Å². The van der Waals surface area contributed by atoms with Gasteiger partial charge in [-0.15, -0.1) is 11.6 Å². The zero-order valence-corrected chi connectivity index (χ0v) is 13.5. The summed E-state index contributed by atoms with van der Waals surface area (Å²) in [7, 11) is 1.21. The van der Waals surface area contributed by atoms with Gasteiger partial charge in [0.05, 0.1) is 20.3 Å². The van der Waals surface area contributed by atoms with Gasteiger partial charge in [-0.3, -0.25) is 9.18 Å². The summed E-state index contributed by atoms with van der Waals surface area (Å²) in [4.78, 5) is 23.3. The van der Waals surface area contributed by atoms with Crippen molar-refractivity contribution in [1.82, 2.24) is 19.8 Å². The summed E-state index contributed by atoms with van der Waals surface area (Å²) in [6.07, 6.45) is 0.189. The Morgan fingerprint density at radius 3 is 2.79 bits per heavy atom. The molecule has 1 aromatic carbocycles. The normalized spacial score (nSPS) is 12.2. The Morgan fingerprint density at radius 1 is 1.42 bits per heavy atom. The molecular formula is C14H15ClF2N4O3. The molecule has 1 unspecified atom stereocenters. The smallest absolute Gasteiger partial charge is 0.368 e. The molecule has 0 radical (unpaired) electrons. The molecule has 7 nitrogen and oxygen atoms in total. The Labute approximate surface area is 140 Å². The van der Waals surface area contributed by atoms with Gasteiger partial charge in [-0.2, -0.15) is 9.36 Å². The van der Waals surface area contributed by atoms with E-state index in [-0.39, 0.29) is 25.1 Å². The summed E-state index contributed by atoms with van der Waals surface area (Å²) < 4.78 is 32.7. The van der Waals surface area contributed by atoms with E-state index in [0.717, 1.165) is 15.4 Å². The number of carbonyl (C=O) groups excluding carboxylic acids is 1. The number of nitrogens with zero attached hydrogens (tertiary/aromatic N) is 4. The number of aromatic nitrogens is 4. The van der Waals surface area contributed by atoms with Crippen molar-refractivity contribution in [3.05, 3.63) is 40.1 Å². The largest absolute Gasteiger partial charge is 0.468 e. The lowest BCUT2D eigenvalue weighted by Crippen LogP contribution is -2.25. The average molecular weight is 361 g/mol. The van der Waals surface area contributed by atoms with Crippen LogP contribution in [0.15, 0.2) is 23.0 Å². The van der Waals surface area contributed by atoms with Gasteiger partial charge in [-0.1, -0.05) is 6.07 Å². The summed E-state index contributed by atoms with van der Waals surface area (Å²) in [5.41, 5.74) is -0.307. The van der Waals surface area contributed by atoms with E-state index in [0.29, 0.717) is 5.56 Å². The first-order chi connectivity index (χ1) is 11.5. The van der Waals surface area contributed by atoms with E-state index in [1.807, 2.05) is 0 Å². The minimum atomic E-state index is -0.940. The monoisotopic (exact) mass is 360 g/mol. The zero-order valence-electron chi connectivity index (χ0n) is 12.8. The van der Waals surface area contributed by atoms with Crippen LogP contribution in [0.2, 0.25) is 0 Å². The summed E-state index contributed by atoms with van der Waals surface area (Å²) in [5.74, 6) is -1.34. The van der Waals surface area contributed by atoms with Crippen LogP contribution in [0, 0.1) is 5.82 Å². The van der Waals surface area contributed by atoms with Crippen molar-refractivity contribution < 1.29 is 18.3 Å². The number of benzene rings is 1. The third kappa shape index (κ3) is 3.97. The lowest BCUT2D eigenvalue weighted by Gasteiger charge is -2.08. The third-order valence-electron chi connectivity index (χ3n) is 3.26. The molecular weight excluding hydrogens is 346 g/mol. The molecule has 0 aliphatic carbocycles. The van der Waals surface area contributed by atoms with Crippen molar-refractivity contribution in [2.75, 3.05) is 13.8 Å². The van der Waals surface area contributed by atoms with Crippen molar-refractivity contribution in [1.29, 1.82) is 0 Å². The molecule has 0 fully saturated rings. The highest BCUT2D eigenvalue weighted by atomic mass is 35.5. The van der Waals surface area contributed by atoms with Gasteiger partial charge in [0.1, 0.15) is 16.9 Å². The number of carbonyl (C=O) groups is 1. The second kappa shape index (κ2) is 8.00. The van der Waals surface area contributed by atoms with E-state index in [1.54, 1.807) is 0 Å². The Hall–Kier alpha value is -2.29. The van der Waals surface area contributed by atoms with Crippen molar-refractivity contribution in [2.45, 2.75) is 24.8 Å². The Balaban J connectivity index is 2.23. The van der Waals surface area contributed by atoms with Crippen molar-refractivity contribution in [3.8, 4) is 5.69 Å². The molecule has 2 rings (SSSR count). The molecule has 0 spiro atoms. The van der Waals surface area contributed by atoms with E-state index < -0.39 is 29.5 Å². The highest BCUT2D eigenvalue weighted by molar-refractivity contribution is 6.30. The van der Waals surface area contributed by atoms with Crippen LogP contribution in [-0.2, 0) is 22.5 Å². The quantitative estimate of drug-likeness (QED) is 0.548. The van der Waals surface area contributed by atoms with Gasteiger partial charge >= 0.3 is 11.7 Å². The van der Waals surface area contributed by atoms with Gasteiger partial charge in [-0.05, 0) is 41.0 Å². The number of alkyl halides is 2. The number of aryl methyl sites for hydroxylation is 1. The molecule has 10 heteroatoms. The Kier molecular flexibility index (Phi) is 6.02. The molecule has 0 amide bonds. The zero-order chi connectivity index (χ0) is 17.7. The number of hydrogen-bond acceptors (Lipinski definition) is 5. The van der Waals surface area contributed by atoms with Crippen LogP contribution in [0.1, 0.15) is 12.0 Å². The predicted molar refractivity (Wildman–Crippen MR) is 81.5 cm³/mol. The first-order valence-corrected chi connectivity index (χ1v) is 7.51. The first-order valence-electron chi connectivity index (χ1n) is 7.07. The van der Waals surface area contributed by atoms with Crippen LogP contribution in [-0.4, -0.2) is 44.9 Å². The second-order valence-corrected chi connectivity index (χ2v) is 5.45. The molecule has 24 heavy (non-hydrogen) atoms. The van der Waals surface area contributed by atoms with Crippen LogP contribution in [0.5, 0.6) is 0 Å². The average Bonchev–Trinajstić information content (AvgIpc) is 2.93. The molecule has 2 aromatic rings. The maximum Gasteiger partial charge on any atom is 0.368 e. The number of halogens is 3. The lowest BCUT2D eigenvalue weighted by atomic mass is 10.1. The Bertz CT molecular complexity index is 778. The predicted octanol–water partition coefficient (Wildman–Crippen LogP) is 1.25. The highest BCUT2D eigenvalue weighted by Gasteiger charge is 2.18. The number of methoxy groups -OCH3 is 1. The first kappa shape index (κ1) is 18.1. The van der Waals surface area contributed by atoms with E-state index in [4.69, 9.17) is 11.6 Å². The molecule has 0 aliphatic rings. The topological polar surface area (TPSA) is 79.0 Å². The lowest BCUT2D eigenvalue weighted by molar-refractivity contribution is -0.140. The van der Waals surface area contributed by atoms with E-state index in [1.165, 1.54) is 19.2 Å². The van der Waals surface area contributed by atoms with Crippen molar-refractivity contribution in [2.24, 2.45) is 0 Å². The fourth-order valence-electron chi connectivity index (χ4n) is 2.04. The van der Waals surface area contributed by atoms with E-state index in [2.05, 4.69) is 15.2 Å². The highest BCUT2D eigenvalue weighted by Crippen LogP contribution is 2.16. The molecule has 0 saturated carbocycles. The van der Waals surface area contributed by atoms with Gasteiger partial charge in [0, 0.05) is 0 Å². The van der Waals surface area contributed by atoms with Crippen LogP contribution < -0.4 is 5.69 Å². The molecule has 0 N–H and O–H groups in total. The Morgan fingerprint density at radius 2 is 2.17 bits per heavy atom. The van der Waals surface area contributed by atoms with Crippen molar-refractivity contribution in [3.63, 3.8) is 0 Å².